The molecule has 3 aromatic heterocycles. The van der Waals surface area contributed by atoms with E-state index in [0.717, 1.165) is 47.8 Å². The molecule has 2 saturated heterocycles. The average Bonchev–Trinajstić information content (AvgIpc) is 3.21. The fourth-order valence-electron chi connectivity index (χ4n) is 4.15. The van der Waals surface area contributed by atoms with Gasteiger partial charge in [-0.15, -0.1) is 11.3 Å². The zero-order valence-electron chi connectivity index (χ0n) is 18.7. The SMILES string of the molecule is Cc1ncc(C2CN(c3ncc4cc(CN5CCN(S(C)(=O)=O)CC5)sc4n3)CCO2)cn1. The first-order chi connectivity index (χ1) is 15.8. The van der Waals surface area contributed by atoms with Gasteiger partial charge in [-0.3, -0.25) is 4.90 Å². The maximum absolute atomic E-state index is 11.7. The van der Waals surface area contributed by atoms with Crippen molar-refractivity contribution in [3.05, 3.63) is 40.9 Å². The maximum Gasteiger partial charge on any atom is 0.226 e. The number of thiophene rings is 1. The second kappa shape index (κ2) is 9.18. The number of hydrogen-bond donors (Lipinski definition) is 0. The molecule has 0 bridgehead atoms. The van der Waals surface area contributed by atoms with Gasteiger partial charge in [0, 0.05) is 73.7 Å². The van der Waals surface area contributed by atoms with Crippen molar-refractivity contribution < 1.29 is 13.2 Å². The largest absolute Gasteiger partial charge is 0.370 e. The number of morpholine rings is 1. The Morgan fingerprint density at radius 3 is 2.58 bits per heavy atom. The van der Waals surface area contributed by atoms with Crippen LogP contribution in [0.5, 0.6) is 0 Å². The van der Waals surface area contributed by atoms with Gasteiger partial charge in [0.25, 0.3) is 0 Å². The molecule has 0 aliphatic carbocycles. The summed E-state index contributed by atoms with van der Waals surface area (Å²) in [6, 6.07) is 2.14. The van der Waals surface area contributed by atoms with Crippen molar-refractivity contribution in [1.29, 1.82) is 0 Å². The van der Waals surface area contributed by atoms with Gasteiger partial charge in [-0.25, -0.2) is 28.4 Å². The molecule has 1 unspecified atom stereocenters. The van der Waals surface area contributed by atoms with Crippen molar-refractivity contribution in [2.45, 2.75) is 19.6 Å². The highest BCUT2D eigenvalue weighted by atomic mass is 32.2. The van der Waals surface area contributed by atoms with Crippen LogP contribution in [0.4, 0.5) is 5.95 Å². The molecule has 12 heteroatoms. The fourth-order valence-corrected chi connectivity index (χ4v) is 6.01. The van der Waals surface area contributed by atoms with Crippen LogP contribution in [0, 0.1) is 6.92 Å². The normalized spacial score (nSPS) is 21.0. The number of aromatic nitrogens is 4. The van der Waals surface area contributed by atoms with Crippen molar-refractivity contribution in [3.63, 3.8) is 0 Å². The Balaban J connectivity index is 1.26. The molecule has 2 aliphatic heterocycles. The number of nitrogens with zero attached hydrogens (tertiary/aromatic N) is 7. The molecule has 0 amide bonds. The summed E-state index contributed by atoms with van der Waals surface area (Å²) >= 11 is 1.67. The van der Waals surface area contributed by atoms with Gasteiger partial charge in [0.15, 0.2) is 0 Å². The minimum Gasteiger partial charge on any atom is -0.370 e. The fraction of sp³-hybridized carbons (Fsp3) is 0.524. The standard InChI is InChI=1S/C21H27N7O3S2/c1-15-22-11-17(12-23-15)19-14-27(7-8-31-19)21-24-10-16-9-18(32-20(16)25-21)13-26-3-5-28(6-4-26)33(2,29)30/h9-12,19H,3-8,13-14H2,1-2H3. The van der Waals surface area contributed by atoms with Crippen molar-refractivity contribution in [1.82, 2.24) is 29.1 Å². The molecule has 0 radical (unpaired) electrons. The van der Waals surface area contributed by atoms with Gasteiger partial charge in [-0.2, -0.15) is 4.31 Å². The van der Waals surface area contributed by atoms with E-state index >= 15 is 0 Å². The Morgan fingerprint density at radius 1 is 1.09 bits per heavy atom. The van der Waals surface area contributed by atoms with Crippen molar-refractivity contribution in [2.75, 3.05) is 57.0 Å². The van der Waals surface area contributed by atoms with E-state index in [4.69, 9.17) is 9.72 Å². The summed E-state index contributed by atoms with van der Waals surface area (Å²) in [4.78, 5) is 24.6. The van der Waals surface area contributed by atoms with Gasteiger partial charge in [0.2, 0.25) is 16.0 Å². The number of sulfonamides is 1. The topological polar surface area (TPSA) is 105 Å². The van der Waals surface area contributed by atoms with Crippen molar-refractivity contribution >= 4 is 37.5 Å². The van der Waals surface area contributed by atoms with Crippen LogP contribution in [0.25, 0.3) is 10.2 Å². The van der Waals surface area contributed by atoms with Gasteiger partial charge in [0.05, 0.1) is 19.4 Å². The second-order valence-corrected chi connectivity index (χ2v) is 11.5. The monoisotopic (exact) mass is 489 g/mol. The van der Waals surface area contributed by atoms with E-state index in [1.54, 1.807) is 15.6 Å². The Labute approximate surface area is 197 Å². The molecule has 0 N–H and O–H groups in total. The number of hydrogen-bond acceptors (Lipinski definition) is 10. The predicted octanol–water partition coefficient (Wildman–Crippen LogP) is 1.44. The highest BCUT2D eigenvalue weighted by molar-refractivity contribution is 7.88. The molecule has 3 aromatic rings. The molecule has 0 spiro atoms. The lowest BCUT2D eigenvalue weighted by molar-refractivity contribution is 0.0388. The molecule has 5 rings (SSSR count). The van der Waals surface area contributed by atoms with E-state index in [1.165, 1.54) is 11.1 Å². The van der Waals surface area contributed by atoms with Crippen LogP contribution in [0.2, 0.25) is 0 Å². The second-order valence-electron chi connectivity index (χ2n) is 8.45. The first-order valence-electron chi connectivity index (χ1n) is 10.9. The molecule has 2 fully saturated rings. The average molecular weight is 490 g/mol. The van der Waals surface area contributed by atoms with Gasteiger partial charge in [-0.05, 0) is 13.0 Å². The lowest BCUT2D eigenvalue weighted by Crippen LogP contribution is -2.47. The quantitative estimate of drug-likeness (QED) is 0.526. The smallest absolute Gasteiger partial charge is 0.226 e. The molecular formula is C21H27N7O3S2. The van der Waals surface area contributed by atoms with E-state index in [2.05, 4.69) is 30.8 Å². The first kappa shape index (κ1) is 22.5. The Bertz CT molecular complexity index is 1220. The molecule has 1 atom stereocenters. The summed E-state index contributed by atoms with van der Waals surface area (Å²) in [5.41, 5.74) is 0.959. The van der Waals surface area contributed by atoms with E-state index in [0.29, 0.717) is 32.2 Å². The molecule has 176 valence electrons. The van der Waals surface area contributed by atoms with Crippen molar-refractivity contribution in [3.8, 4) is 0 Å². The zero-order valence-corrected chi connectivity index (χ0v) is 20.3. The van der Waals surface area contributed by atoms with Crippen LogP contribution in [0.15, 0.2) is 24.7 Å². The third kappa shape index (κ3) is 5.14. The van der Waals surface area contributed by atoms with Gasteiger partial charge >= 0.3 is 0 Å². The third-order valence-corrected chi connectivity index (χ3v) is 8.35. The van der Waals surface area contributed by atoms with E-state index < -0.39 is 10.0 Å². The van der Waals surface area contributed by atoms with Gasteiger partial charge in [-0.1, -0.05) is 0 Å². The number of ether oxygens (including phenoxy) is 1. The molecule has 2 aliphatic rings. The summed E-state index contributed by atoms with van der Waals surface area (Å²) in [6.07, 6.45) is 6.70. The highest BCUT2D eigenvalue weighted by Crippen LogP contribution is 2.29. The van der Waals surface area contributed by atoms with E-state index in [1.807, 2.05) is 25.5 Å². The van der Waals surface area contributed by atoms with Crippen LogP contribution >= 0.6 is 11.3 Å². The lowest BCUT2D eigenvalue weighted by Gasteiger charge is -2.32. The Hall–Kier alpha value is -2.25. The Kier molecular flexibility index (Phi) is 6.27. The predicted molar refractivity (Wildman–Crippen MR) is 127 cm³/mol. The van der Waals surface area contributed by atoms with Crippen LogP contribution in [0.1, 0.15) is 22.4 Å². The third-order valence-electron chi connectivity index (χ3n) is 6.01. The number of rotatable bonds is 5. The summed E-state index contributed by atoms with van der Waals surface area (Å²) in [5.74, 6) is 1.45. The molecule has 5 heterocycles. The zero-order chi connectivity index (χ0) is 23.0. The first-order valence-corrected chi connectivity index (χ1v) is 13.6. The number of fused-ring (bicyclic) bond motifs is 1. The molecule has 10 nitrogen and oxygen atoms in total. The molecule has 0 saturated carbocycles. The summed E-state index contributed by atoms with van der Waals surface area (Å²) in [6.45, 7) is 7.18. The Morgan fingerprint density at radius 2 is 1.85 bits per heavy atom. The maximum atomic E-state index is 11.7. The summed E-state index contributed by atoms with van der Waals surface area (Å²) in [7, 11) is -3.11. The lowest BCUT2D eigenvalue weighted by atomic mass is 10.1. The van der Waals surface area contributed by atoms with Crippen LogP contribution < -0.4 is 4.90 Å². The molecular weight excluding hydrogens is 462 g/mol. The van der Waals surface area contributed by atoms with Crippen LogP contribution in [-0.4, -0.2) is 89.7 Å². The van der Waals surface area contributed by atoms with Crippen molar-refractivity contribution in [2.24, 2.45) is 0 Å². The number of aryl methyl sites for hydroxylation is 1. The van der Waals surface area contributed by atoms with Crippen LogP contribution in [-0.2, 0) is 21.3 Å². The summed E-state index contributed by atoms with van der Waals surface area (Å²) < 4.78 is 30.9. The van der Waals surface area contributed by atoms with E-state index in [9.17, 15) is 8.42 Å². The van der Waals surface area contributed by atoms with Gasteiger partial charge in [0.1, 0.15) is 16.8 Å². The number of anilines is 1. The van der Waals surface area contributed by atoms with E-state index in [-0.39, 0.29) is 6.10 Å². The highest BCUT2D eigenvalue weighted by Gasteiger charge is 2.26. The minimum absolute atomic E-state index is 0.108. The summed E-state index contributed by atoms with van der Waals surface area (Å²) in [5, 5.41) is 1.03. The van der Waals surface area contributed by atoms with Crippen LogP contribution in [0.3, 0.4) is 0 Å². The molecule has 0 aromatic carbocycles. The number of piperazine rings is 1. The van der Waals surface area contributed by atoms with Gasteiger partial charge < -0.3 is 9.64 Å². The molecule has 33 heavy (non-hydrogen) atoms. The minimum atomic E-state index is -3.11.